The SMILES string of the molecule is CO[C@H]1/C=C/O[C@@]2(C)Oc3c(C)c(O)c4c(O)c(c(/C=N/N5CCC(NCOCCOCCn6cc(CC(=O)OCC7OC(n8cc(F)c(N)nc8=O)CS7)nn6)CC5)c(O)c4c3C2=O)NC(=O)/C(C)=C\C=C\[C@H](C)[C@H](C)[C@@H](C)[C@@H](O)[C@@H](C)[C@H](OC(C)=O)[C@@H]1C. The maximum absolute atomic E-state index is 14.7. The number of ketones is 1. The number of nitrogens with one attached hydrogen (secondary N) is 2. The molecular formula is C61H81FN10O17S. The van der Waals surface area contributed by atoms with E-state index in [1.807, 2.05) is 40.7 Å². The molecule has 0 radical (unpaired) electrons. The predicted molar refractivity (Wildman–Crippen MR) is 328 cm³/mol. The van der Waals surface area contributed by atoms with Gasteiger partial charge in [-0.3, -0.25) is 34.1 Å². The quantitative estimate of drug-likeness (QED) is 0.0165. The van der Waals surface area contributed by atoms with Crippen molar-refractivity contribution in [2.75, 3.05) is 70.2 Å². The summed E-state index contributed by atoms with van der Waals surface area (Å²) in [6, 6.07) is 0.0574. The number of methoxy groups -OCH3 is 1. The van der Waals surface area contributed by atoms with Crippen molar-refractivity contribution in [2.45, 2.75) is 130 Å². The Morgan fingerprint density at radius 3 is 2.43 bits per heavy atom. The van der Waals surface area contributed by atoms with E-state index in [0.29, 0.717) is 63.7 Å². The molecule has 0 spiro atoms. The van der Waals surface area contributed by atoms with E-state index in [1.165, 1.54) is 62.9 Å². The molecule has 8 N–H and O–H groups in total. The normalized spacial score (nSPS) is 27.6. The number of halogens is 1. The fourth-order valence-electron chi connectivity index (χ4n) is 11.2. The second-order valence-corrected chi connectivity index (χ2v) is 24.4. The first-order valence-corrected chi connectivity index (χ1v) is 30.8. The average Bonchev–Trinajstić information content (AvgIpc) is 1.45. The Morgan fingerprint density at radius 2 is 1.71 bits per heavy atom. The fourth-order valence-corrected chi connectivity index (χ4v) is 12.2. The van der Waals surface area contributed by atoms with Crippen LogP contribution in [-0.4, -0.2) is 175 Å². The van der Waals surface area contributed by atoms with Gasteiger partial charge in [0.1, 0.15) is 41.6 Å². The molecule has 0 saturated carbocycles. The highest BCUT2D eigenvalue weighted by Crippen LogP contribution is 2.55. The number of anilines is 2. The number of aromatic hydroxyl groups is 3. The van der Waals surface area contributed by atoms with E-state index in [0.717, 1.165) is 10.8 Å². The first-order chi connectivity index (χ1) is 42.8. The molecule has 11 atom stereocenters. The first kappa shape index (κ1) is 68.2. The van der Waals surface area contributed by atoms with Crippen LogP contribution in [0.4, 0.5) is 15.9 Å². The highest BCUT2D eigenvalue weighted by Gasteiger charge is 2.50. The van der Waals surface area contributed by atoms with Crippen molar-refractivity contribution in [1.82, 2.24) is 34.9 Å². The summed E-state index contributed by atoms with van der Waals surface area (Å²) in [7, 11) is 1.46. The Morgan fingerprint density at radius 1 is 0.978 bits per heavy atom. The maximum Gasteiger partial charge on any atom is 0.351 e. The number of Topliss-reactive ketones (excluding diaryl/α,β-unsaturated/α-hetero) is 1. The number of nitrogen functional groups attached to an aromatic ring is 1. The van der Waals surface area contributed by atoms with Crippen LogP contribution < -0.4 is 26.8 Å². The second kappa shape index (κ2) is 30.0. The van der Waals surface area contributed by atoms with Crippen molar-refractivity contribution in [3.63, 3.8) is 0 Å². The number of fused-ring (bicyclic) bond motifs is 14. The van der Waals surface area contributed by atoms with E-state index < -0.39 is 106 Å². The molecule has 0 aliphatic carbocycles. The van der Waals surface area contributed by atoms with Gasteiger partial charge in [0.25, 0.3) is 11.7 Å². The lowest BCUT2D eigenvalue weighted by atomic mass is 9.75. The number of ether oxygens (including phenoxy) is 8. The molecular weight excluding hydrogens is 1200 g/mol. The number of hydrogen-bond donors (Lipinski definition) is 7. The number of benzene rings is 2. The molecule has 5 aliphatic heterocycles. The summed E-state index contributed by atoms with van der Waals surface area (Å²) in [6.45, 7) is 17.5. The summed E-state index contributed by atoms with van der Waals surface area (Å²) in [5, 5.41) is 68.2. The number of aliphatic hydroxyl groups is 1. The number of carbonyl (C=O) groups is 4. The Labute approximate surface area is 523 Å². The molecule has 29 heteroatoms. The van der Waals surface area contributed by atoms with Crippen molar-refractivity contribution < 1.29 is 81.9 Å². The number of amides is 1. The minimum atomic E-state index is -2.08. The van der Waals surface area contributed by atoms with E-state index in [9.17, 15) is 48.8 Å². The van der Waals surface area contributed by atoms with Crippen molar-refractivity contribution in [3.05, 3.63) is 87.2 Å². The lowest BCUT2D eigenvalue weighted by Crippen LogP contribution is -2.45. The summed E-state index contributed by atoms with van der Waals surface area (Å²) >= 11 is 1.30. The number of thioether (sulfide) groups is 1. The van der Waals surface area contributed by atoms with Crippen LogP contribution in [0.5, 0.6) is 23.0 Å². The van der Waals surface area contributed by atoms with E-state index in [1.54, 1.807) is 30.3 Å². The number of phenolic OH excluding ortho intramolecular Hbond substituents is 3. The molecule has 27 nitrogen and oxygen atoms in total. The standard InChI is InChI=1S/C61H81FN10O17S/c1-31-12-11-13-32(2)59(80)66-50-41(53(77)47-48(54(50)78)52(76)37(7)56-49(47)57(79)61(9,89-56)86-20-16-43(82-10)35(5)55(87-38(8)73)36(6)51(75)34(4)33(31)3)25-65-70-17-14-39(15-18-70)64-30-84-23-22-83-21-19-71-26-40(68-69-71)24-45(74)85-28-46-88-44(29-90-46)72-27-42(62)58(63)67-60(72)81/h11-13,16,20,25-27,31,33-36,39,43-44,46,51,55,64,75-78H,14-15,17-19,21-24,28-30H2,1-10H3,(H,66,80)(H2,63,67,81)/b12-11+,20-16+,32-13-,65-25+/t31-,33-,34+,35+,36+,43-,44?,46?,51+,55+,61-/m0/s1. The van der Waals surface area contributed by atoms with Gasteiger partial charge in [-0.1, -0.05) is 58.1 Å². The highest BCUT2D eigenvalue weighted by molar-refractivity contribution is 8.00. The van der Waals surface area contributed by atoms with Gasteiger partial charge in [0.15, 0.2) is 17.4 Å². The zero-order valence-corrected chi connectivity index (χ0v) is 52.9. The van der Waals surface area contributed by atoms with Gasteiger partial charge in [0, 0.05) is 80.4 Å². The van der Waals surface area contributed by atoms with Gasteiger partial charge >= 0.3 is 23.4 Å². The smallest absolute Gasteiger partial charge is 0.351 e. The van der Waals surface area contributed by atoms with Crippen molar-refractivity contribution >= 4 is 63.9 Å². The van der Waals surface area contributed by atoms with E-state index in [-0.39, 0.29) is 88.0 Å². The van der Waals surface area contributed by atoms with E-state index in [2.05, 4.69) is 31.0 Å². The Balaban J connectivity index is 0.875. The van der Waals surface area contributed by atoms with Crippen LogP contribution in [0.2, 0.25) is 0 Å². The third kappa shape index (κ3) is 15.7. The lowest BCUT2D eigenvalue weighted by molar-refractivity contribution is -0.160. The molecule has 490 valence electrons. The molecule has 90 heavy (non-hydrogen) atoms. The van der Waals surface area contributed by atoms with Gasteiger partial charge in [0.05, 0.1) is 98.3 Å². The highest BCUT2D eigenvalue weighted by atomic mass is 32.2. The summed E-state index contributed by atoms with van der Waals surface area (Å²) in [5.74, 6) is -9.18. The number of aromatic nitrogens is 5. The number of aliphatic hydroxyl groups excluding tert-OH is 1. The molecule has 2 unspecified atom stereocenters. The Hall–Kier alpha value is -7.67. The molecule has 2 aromatic carbocycles. The Bertz CT molecular complexity index is 3460. The lowest BCUT2D eigenvalue weighted by Gasteiger charge is -2.38. The summed E-state index contributed by atoms with van der Waals surface area (Å²) < 4.78 is 63.0. The van der Waals surface area contributed by atoms with Gasteiger partial charge in [-0.25, -0.2) is 13.9 Å². The monoisotopic (exact) mass is 1280 g/mol. The largest absolute Gasteiger partial charge is 0.507 e. The van der Waals surface area contributed by atoms with Gasteiger partial charge in [-0.15, -0.1) is 16.9 Å². The van der Waals surface area contributed by atoms with Crippen LogP contribution in [0.15, 0.2) is 58.4 Å². The summed E-state index contributed by atoms with van der Waals surface area (Å²) in [5.41, 5.74) is 4.00. The van der Waals surface area contributed by atoms with Crippen molar-refractivity contribution in [2.24, 2.45) is 34.7 Å². The van der Waals surface area contributed by atoms with Crippen LogP contribution in [0, 0.1) is 42.3 Å². The van der Waals surface area contributed by atoms with Crippen LogP contribution in [-0.2, 0) is 60.5 Å². The number of allylic oxidation sites excluding steroid dienone is 3. The number of piperidine rings is 1. The minimum absolute atomic E-state index is 0.0348. The molecule has 2 saturated heterocycles. The van der Waals surface area contributed by atoms with E-state index in [4.69, 9.17) is 43.6 Å². The number of phenols is 3. The number of nitrogens with two attached hydrogens (primary N) is 1. The van der Waals surface area contributed by atoms with Crippen LogP contribution in [0.1, 0.15) is 102 Å². The van der Waals surface area contributed by atoms with E-state index >= 15 is 0 Å². The van der Waals surface area contributed by atoms with Crippen LogP contribution in [0.3, 0.4) is 0 Å². The average molecular weight is 1280 g/mol. The van der Waals surface area contributed by atoms with Gasteiger partial charge in [-0.2, -0.15) is 10.1 Å². The van der Waals surface area contributed by atoms with Crippen molar-refractivity contribution in [3.8, 4) is 23.0 Å². The molecule has 2 fully saturated rings. The van der Waals surface area contributed by atoms with Gasteiger partial charge in [0.2, 0.25) is 0 Å². The number of carbonyl (C=O) groups excluding carboxylic acids is 4. The summed E-state index contributed by atoms with van der Waals surface area (Å²) in [4.78, 5) is 69.4. The second-order valence-electron chi connectivity index (χ2n) is 23.2. The number of hydrazone groups is 1. The maximum atomic E-state index is 14.7. The predicted octanol–water partition coefficient (Wildman–Crippen LogP) is 5.35. The van der Waals surface area contributed by atoms with Crippen LogP contribution in [0.25, 0.3) is 10.8 Å². The zero-order valence-electron chi connectivity index (χ0n) is 52.0. The minimum Gasteiger partial charge on any atom is -0.507 e. The van der Waals surface area contributed by atoms with Crippen LogP contribution >= 0.6 is 11.8 Å². The zero-order chi connectivity index (χ0) is 65.3. The molecule has 2 aromatic heterocycles. The fraction of sp³-hybridized carbons (Fsp3) is 0.557. The van der Waals surface area contributed by atoms with Crippen molar-refractivity contribution in [1.29, 1.82) is 0 Å². The topological polar surface area (TPSA) is 354 Å². The number of hydrogen-bond acceptors (Lipinski definition) is 25. The first-order valence-electron chi connectivity index (χ1n) is 29.8. The van der Waals surface area contributed by atoms with Gasteiger partial charge < -0.3 is 69.4 Å². The third-order valence-corrected chi connectivity index (χ3v) is 18.1. The number of rotatable bonds is 18. The van der Waals surface area contributed by atoms with Gasteiger partial charge in [-0.05, 0) is 50.5 Å². The molecule has 5 aliphatic rings. The number of esters is 2. The number of nitrogens with zero attached hydrogens (tertiary/aromatic N) is 7. The Kier molecular flexibility index (Phi) is 22.7. The molecule has 5 bridgehead atoms. The molecule has 9 rings (SSSR count). The summed E-state index contributed by atoms with van der Waals surface area (Å²) in [6.07, 6.45) is 9.61. The molecule has 1 amide bonds. The molecule has 4 aromatic rings. The molecule has 7 heterocycles. The third-order valence-electron chi connectivity index (χ3n) is 17.0.